The lowest BCUT2D eigenvalue weighted by Gasteiger charge is -2.12. The van der Waals surface area contributed by atoms with E-state index in [2.05, 4.69) is 33.9 Å². The van der Waals surface area contributed by atoms with Gasteiger partial charge in [0.15, 0.2) is 0 Å². The van der Waals surface area contributed by atoms with Gasteiger partial charge in [-0.1, -0.05) is 41.1 Å². The van der Waals surface area contributed by atoms with Gasteiger partial charge in [-0.15, -0.1) is 12.6 Å². The summed E-state index contributed by atoms with van der Waals surface area (Å²) in [5, 5.41) is 2.56. The SMILES string of the molecule is CCC(=O)Nc1cc(-c2ccccc2S)c(Br)cc1F. The summed E-state index contributed by atoms with van der Waals surface area (Å²) in [4.78, 5) is 12.2. The first kappa shape index (κ1) is 15.1. The van der Waals surface area contributed by atoms with Crippen LogP contribution in [0.3, 0.4) is 0 Å². The number of thiol groups is 1. The molecule has 0 aromatic heterocycles. The van der Waals surface area contributed by atoms with Crippen molar-refractivity contribution in [3.8, 4) is 11.1 Å². The van der Waals surface area contributed by atoms with Gasteiger partial charge in [-0.25, -0.2) is 4.39 Å². The molecule has 0 aliphatic heterocycles. The van der Waals surface area contributed by atoms with E-state index in [0.29, 0.717) is 10.9 Å². The highest BCUT2D eigenvalue weighted by Gasteiger charge is 2.13. The summed E-state index contributed by atoms with van der Waals surface area (Å²) in [5.74, 6) is -0.699. The monoisotopic (exact) mass is 353 g/mol. The average Bonchev–Trinajstić information content (AvgIpc) is 2.42. The molecule has 0 heterocycles. The van der Waals surface area contributed by atoms with Crippen LogP contribution in [0.25, 0.3) is 11.1 Å². The first-order valence-corrected chi connectivity index (χ1v) is 7.34. The van der Waals surface area contributed by atoms with Gasteiger partial charge in [0, 0.05) is 15.8 Å². The standard InChI is InChI=1S/C15H13BrFNOS/c1-2-15(19)18-13-7-10(11(16)8-12(13)17)9-5-3-4-6-14(9)20/h3-8,20H,2H2,1H3,(H,18,19). The van der Waals surface area contributed by atoms with Crippen molar-refractivity contribution in [2.45, 2.75) is 18.2 Å². The lowest BCUT2D eigenvalue weighted by molar-refractivity contribution is -0.115. The summed E-state index contributed by atoms with van der Waals surface area (Å²) in [7, 11) is 0. The molecule has 0 spiro atoms. The summed E-state index contributed by atoms with van der Waals surface area (Å²) < 4.78 is 14.5. The summed E-state index contributed by atoms with van der Waals surface area (Å²) >= 11 is 7.75. The molecule has 0 bridgehead atoms. The van der Waals surface area contributed by atoms with E-state index in [9.17, 15) is 9.18 Å². The first-order chi connectivity index (χ1) is 9.52. The van der Waals surface area contributed by atoms with Gasteiger partial charge in [0.05, 0.1) is 5.69 Å². The van der Waals surface area contributed by atoms with E-state index in [1.54, 1.807) is 13.0 Å². The van der Waals surface area contributed by atoms with Gasteiger partial charge >= 0.3 is 0 Å². The van der Waals surface area contributed by atoms with E-state index in [-0.39, 0.29) is 11.6 Å². The van der Waals surface area contributed by atoms with E-state index < -0.39 is 5.82 Å². The minimum absolute atomic E-state index is 0.173. The van der Waals surface area contributed by atoms with E-state index in [4.69, 9.17) is 0 Å². The minimum atomic E-state index is -0.473. The van der Waals surface area contributed by atoms with Crippen molar-refractivity contribution in [2.75, 3.05) is 5.32 Å². The third kappa shape index (κ3) is 3.22. The molecule has 2 nitrogen and oxygen atoms in total. The molecule has 0 aliphatic carbocycles. The van der Waals surface area contributed by atoms with Crippen LogP contribution in [0.4, 0.5) is 10.1 Å². The predicted molar refractivity (Wildman–Crippen MR) is 85.7 cm³/mol. The Hall–Kier alpha value is -1.33. The van der Waals surface area contributed by atoms with Crippen LogP contribution < -0.4 is 5.32 Å². The molecule has 0 radical (unpaired) electrons. The van der Waals surface area contributed by atoms with Gasteiger partial charge in [0.2, 0.25) is 5.91 Å². The molecule has 5 heteroatoms. The Morgan fingerprint density at radius 2 is 2.00 bits per heavy atom. The summed E-state index contributed by atoms with van der Waals surface area (Å²) in [6, 6.07) is 10.5. The Morgan fingerprint density at radius 3 is 2.65 bits per heavy atom. The van der Waals surface area contributed by atoms with Crippen LogP contribution in [0, 0.1) is 5.82 Å². The van der Waals surface area contributed by atoms with E-state index in [0.717, 1.165) is 16.0 Å². The average molecular weight is 354 g/mol. The quantitative estimate of drug-likeness (QED) is 0.755. The van der Waals surface area contributed by atoms with Crippen molar-refractivity contribution in [1.29, 1.82) is 0 Å². The molecule has 0 atom stereocenters. The third-order valence-corrected chi connectivity index (χ3v) is 3.89. The normalized spacial score (nSPS) is 10.4. The van der Waals surface area contributed by atoms with Crippen LogP contribution in [-0.4, -0.2) is 5.91 Å². The molecule has 0 aliphatic rings. The summed E-state index contributed by atoms with van der Waals surface area (Å²) in [6.45, 7) is 1.72. The molecule has 20 heavy (non-hydrogen) atoms. The molecular weight excluding hydrogens is 341 g/mol. The van der Waals surface area contributed by atoms with Gasteiger partial charge < -0.3 is 5.32 Å². The lowest BCUT2D eigenvalue weighted by Crippen LogP contribution is -2.11. The molecule has 0 unspecified atom stereocenters. The second kappa shape index (κ2) is 6.41. The van der Waals surface area contributed by atoms with E-state index in [1.165, 1.54) is 6.07 Å². The lowest BCUT2D eigenvalue weighted by atomic mass is 10.0. The summed E-state index contributed by atoms with van der Waals surface area (Å²) in [5.41, 5.74) is 1.82. The molecule has 1 amide bonds. The Kier molecular flexibility index (Phi) is 4.83. The molecule has 0 saturated heterocycles. The van der Waals surface area contributed by atoms with Gasteiger partial charge in [0.1, 0.15) is 5.82 Å². The number of hydrogen-bond donors (Lipinski definition) is 2. The van der Waals surface area contributed by atoms with Crippen molar-refractivity contribution >= 4 is 40.2 Å². The zero-order chi connectivity index (χ0) is 14.7. The van der Waals surface area contributed by atoms with E-state index >= 15 is 0 Å². The predicted octanol–water partition coefficient (Wildman–Crippen LogP) is 4.89. The van der Waals surface area contributed by atoms with Crippen LogP contribution in [0.1, 0.15) is 13.3 Å². The maximum Gasteiger partial charge on any atom is 0.224 e. The van der Waals surface area contributed by atoms with E-state index in [1.807, 2.05) is 24.3 Å². The van der Waals surface area contributed by atoms with Crippen LogP contribution in [0.15, 0.2) is 45.8 Å². The molecule has 1 N–H and O–H groups in total. The number of amides is 1. The molecule has 2 rings (SSSR count). The smallest absolute Gasteiger partial charge is 0.224 e. The van der Waals surface area contributed by atoms with Crippen LogP contribution in [0.5, 0.6) is 0 Å². The maximum absolute atomic E-state index is 13.9. The number of anilines is 1. The van der Waals surface area contributed by atoms with Crippen LogP contribution in [-0.2, 0) is 4.79 Å². The zero-order valence-corrected chi connectivity index (χ0v) is 13.3. The molecule has 104 valence electrons. The Morgan fingerprint density at radius 1 is 1.30 bits per heavy atom. The van der Waals surface area contributed by atoms with Crippen molar-refractivity contribution in [3.63, 3.8) is 0 Å². The highest BCUT2D eigenvalue weighted by Crippen LogP contribution is 2.35. The van der Waals surface area contributed by atoms with Gasteiger partial charge in [-0.05, 0) is 29.3 Å². The second-order valence-corrected chi connectivity index (χ2v) is 5.57. The molecule has 0 saturated carbocycles. The van der Waals surface area contributed by atoms with Gasteiger partial charge in [0.25, 0.3) is 0 Å². The molecule has 2 aromatic rings. The minimum Gasteiger partial charge on any atom is -0.324 e. The number of hydrogen-bond acceptors (Lipinski definition) is 2. The maximum atomic E-state index is 13.9. The number of nitrogens with one attached hydrogen (secondary N) is 1. The third-order valence-electron chi connectivity index (χ3n) is 2.85. The van der Waals surface area contributed by atoms with Gasteiger partial charge in [-0.3, -0.25) is 4.79 Å². The number of carbonyl (C=O) groups is 1. The summed E-state index contributed by atoms with van der Waals surface area (Å²) in [6.07, 6.45) is 0.300. The Balaban J connectivity index is 2.52. The number of halogens is 2. The molecule has 2 aromatic carbocycles. The Labute approximate surface area is 130 Å². The number of rotatable bonds is 3. The van der Waals surface area contributed by atoms with Crippen molar-refractivity contribution in [2.24, 2.45) is 0 Å². The van der Waals surface area contributed by atoms with Crippen LogP contribution in [0.2, 0.25) is 0 Å². The zero-order valence-electron chi connectivity index (χ0n) is 10.8. The van der Waals surface area contributed by atoms with Crippen LogP contribution >= 0.6 is 28.6 Å². The number of benzene rings is 2. The second-order valence-electron chi connectivity index (χ2n) is 4.23. The van der Waals surface area contributed by atoms with Gasteiger partial charge in [-0.2, -0.15) is 0 Å². The largest absolute Gasteiger partial charge is 0.324 e. The Bertz CT molecular complexity index is 660. The molecule has 0 fully saturated rings. The van der Waals surface area contributed by atoms with Crippen molar-refractivity contribution < 1.29 is 9.18 Å². The fourth-order valence-corrected chi connectivity index (χ4v) is 2.60. The fraction of sp³-hybridized carbons (Fsp3) is 0.133. The first-order valence-electron chi connectivity index (χ1n) is 6.10. The van der Waals surface area contributed by atoms with Crippen molar-refractivity contribution in [1.82, 2.24) is 0 Å². The van der Waals surface area contributed by atoms with Crippen molar-refractivity contribution in [3.05, 3.63) is 46.7 Å². The number of carbonyl (C=O) groups excluding carboxylic acids is 1. The molecular formula is C15H13BrFNOS. The highest BCUT2D eigenvalue weighted by molar-refractivity contribution is 9.10. The highest BCUT2D eigenvalue weighted by atomic mass is 79.9. The fourth-order valence-electron chi connectivity index (χ4n) is 1.79. The topological polar surface area (TPSA) is 29.1 Å².